The van der Waals surface area contributed by atoms with Crippen molar-refractivity contribution in [3.05, 3.63) is 42.5 Å². The summed E-state index contributed by atoms with van der Waals surface area (Å²) in [4.78, 5) is 12.1. The average Bonchev–Trinajstić information content (AvgIpc) is 3.27. The molecule has 1 aliphatic rings. The molecule has 1 N–H and O–H groups in total. The molecular weight excluding hydrogens is 304 g/mol. The van der Waals surface area contributed by atoms with Gasteiger partial charge in [0.1, 0.15) is 12.1 Å². The van der Waals surface area contributed by atoms with Crippen molar-refractivity contribution >= 4 is 5.91 Å². The van der Waals surface area contributed by atoms with Crippen LogP contribution in [0.2, 0.25) is 0 Å². The van der Waals surface area contributed by atoms with Crippen molar-refractivity contribution in [1.82, 2.24) is 20.1 Å². The molecule has 3 rings (SSSR count). The quantitative estimate of drug-likeness (QED) is 0.848. The molecule has 0 spiro atoms. The standard InChI is InChI=1S/C18H24N4O2/c1-14(18-21-19-13-22(18)15-7-5-6-8-15)20-17(23)11-12-24-16-9-3-2-4-10-16/h2-4,9-10,13-15H,5-8,11-12H2,1H3,(H,20,23). The number of benzene rings is 1. The third-order valence-corrected chi connectivity index (χ3v) is 4.42. The van der Waals surface area contributed by atoms with Crippen molar-refractivity contribution < 1.29 is 9.53 Å². The van der Waals surface area contributed by atoms with Gasteiger partial charge in [0.2, 0.25) is 5.91 Å². The van der Waals surface area contributed by atoms with Gasteiger partial charge in [-0.3, -0.25) is 4.79 Å². The van der Waals surface area contributed by atoms with Crippen molar-refractivity contribution in [2.45, 2.75) is 51.1 Å². The molecule has 0 saturated heterocycles. The lowest BCUT2D eigenvalue weighted by Crippen LogP contribution is -2.30. The summed E-state index contributed by atoms with van der Waals surface area (Å²) in [5.74, 6) is 1.57. The monoisotopic (exact) mass is 328 g/mol. The Hall–Kier alpha value is -2.37. The van der Waals surface area contributed by atoms with E-state index in [2.05, 4.69) is 20.1 Å². The van der Waals surface area contributed by atoms with E-state index >= 15 is 0 Å². The fraction of sp³-hybridized carbons (Fsp3) is 0.500. The number of carbonyl (C=O) groups excluding carboxylic acids is 1. The third kappa shape index (κ3) is 4.13. The molecule has 2 aromatic rings. The van der Waals surface area contributed by atoms with E-state index in [1.807, 2.05) is 37.3 Å². The second kappa shape index (κ2) is 7.95. The van der Waals surface area contributed by atoms with Crippen molar-refractivity contribution in [2.75, 3.05) is 6.61 Å². The number of hydrogen-bond donors (Lipinski definition) is 1. The van der Waals surface area contributed by atoms with E-state index in [0.717, 1.165) is 24.4 Å². The highest BCUT2D eigenvalue weighted by atomic mass is 16.5. The van der Waals surface area contributed by atoms with Gasteiger partial charge in [-0.05, 0) is 31.9 Å². The number of para-hydroxylation sites is 1. The van der Waals surface area contributed by atoms with Crippen LogP contribution >= 0.6 is 0 Å². The molecule has 1 heterocycles. The molecule has 1 unspecified atom stereocenters. The second-order valence-electron chi connectivity index (χ2n) is 6.24. The van der Waals surface area contributed by atoms with Gasteiger partial charge in [-0.2, -0.15) is 0 Å². The average molecular weight is 328 g/mol. The lowest BCUT2D eigenvalue weighted by molar-refractivity contribution is -0.122. The molecule has 1 amide bonds. The maximum Gasteiger partial charge on any atom is 0.224 e. The van der Waals surface area contributed by atoms with Crippen LogP contribution in [0.3, 0.4) is 0 Å². The normalized spacial score (nSPS) is 16.0. The molecule has 0 aliphatic heterocycles. The van der Waals surface area contributed by atoms with Gasteiger partial charge in [0.15, 0.2) is 5.82 Å². The minimum absolute atomic E-state index is 0.0422. The molecule has 1 aliphatic carbocycles. The van der Waals surface area contributed by atoms with Crippen LogP contribution in [0.5, 0.6) is 5.75 Å². The summed E-state index contributed by atoms with van der Waals surface area (Å²) in [5, 5.41) is 11.2. The maximum atomic E-state index is 12.1. The third-order valence-electron chi connectivity index (χ3n) is 4.42. The SMILES string of the molecule is CC(NC(=O)CCOc1ccccc1)c1nncn1C1CCCC1. The number of carbonyl (C=O) groups is 1. The highest BCUT2D eigenvalue weighted by molar-refractivity contribution is 5.76. The van der Waals surface area contributed by atoms with E-state index in [9.17, 15) is 4.79 Å². The van der Waals surface area contributed by atoms with Crippen LogP contribution < -0.4 is 10.1 Å². The minimum Gasteiger partial charge on any atom is -0.493 e. The molecule has 6 heteroatoms. The Labute approximate surface area is 142 Å². The maximum absolute atomic E-state index is 12.1. The van der Waals surface area contributed by atoms with Crippen molar-refractivity contribution in [1.29, 1.82) is 0 Å². The van der Waals surface area contributed by atoms with Crippen LogP contribution in [0.15, 0.2) is 36.7 Å². The number of rotatable bonds is 7. The first kappa shape index (κ1) is 16.5. The molecule has 6 nitrogen and oxygen atoms in total. The molecule has 1 aromatic heterocycles. The predicted octanol–water partition coefficient (Wildman–Crippen LogP) is 3.04. The van der Waals surface area contributed by atoms with Crippen molar-refractivity contribution in [3.8, 4) is 5.75 Å². The van der Waals surface area contributed by atoms with Crippen LogP contribution in [-0.4, -0.2) is 27.3 Å². The first-order valence-corrected chi connectivity index (χ1v) is 8.60. The zero-order valence-electron chi connectivity index (χ0n) is 14.0. The number of nitrogens with zero attached hydrogens (tertiary/aromatic N) is 3. The van der Waals surface area contributed by atoms with Gasteiger partial charge in [-0.1, -0.05) is 31.0 Å². The van der Waals surface area contributed by atoms with Crippen LogP contribution in [0, 0.1) is 0 Å². The first-order chi connectivity index (χ1) is 11.7. The number of nitrogens with one attached hydrogen (secondary N) is 1. The second-order valence-corrected chi connectivity index (χ2v) is 6.24. The minimum atomic E-state index is -0.155. The molecule has 1 aromatic carbocycles. The van der Waals surface area contributed by atoms with Crippen LogP contribution in [-0.2, 0) is 4.79 Å². The number of aromatic nitrogens is 3. The van der Waals surface area contributed by atoms with E-state index in [-0.39, 0.29) is 11.9 Å². The molecule has 1 atom stereocenters. The summed E-state index contributed by atoms with van der Waals surface area (Å²) in [5.41, 5.74) is 0. The number of amides is 1. The molecule has 0 bridgehead atoms. The lowest BCUT2D eigenvalue weighted by Gasteiger charge is -2.18. The lowest BCUT2D eigenvalue weighted by atomic mass is 10.2. The Morgan fingerprint density at radius 3 is 2.83 bits per heavy atom. The Balaban J connectivity index is 1.48. The smallest absolute Gasteiger partial charge is 0.224 e. The van der Waals surface area contributed by atoms with Crippen molar-refractivity contribution in [2.24, 2.45) is 0 Å². The van der Waals surface area contributed by atoms with Crippen LogP contribution in [0.1, 0.15) is 56.9 Å². The summed E-state index contributed by atoms with van der Waals surface area (Å²) in [6.45, 7) is 2.31. The number of hydrogen-bond acceptors (Lipinski definition) is 4. The Bertz CT molecular complexity index is 650. The van der Waals surface area contributed by atoms with Gasteiger partial charge in [0, 0.05) is 6.04 Å². The van der Waals surface area contributed by atoms with E-state index in [1.54, 1.807) is 6.33 Å². The van der Waals surface area contributed by atoms with E-state index in [4.69, 9.17) is 4.74 Å². The van der Waals surface area contributed by atoms with Crippen LogP contribution in [0.4, 0.5) is 0 Å². The molecule has 24 heavy (non-hydrogen) atoms. The van der Waals surface area contributed by atoms with E-state index in [1.165, 1.54) is 12.8 Å². The largest absolute Gasteiger partial charge is 0.493 e. The topological polar surface area (TPSA) is 69.0 Å². The summed E-state index contributed by atoms with van der Waals surface area (Å²) in [6.07, 6.45) is 6.93. The Kier molecular flexibility index (Phi) is 5.46. The van der Waals surface area contributed by atoms with Gasteiger partial charge < -0.3 is 14.6 Å². The molecule has 0 radical (unpaired) electrons. The summed E-state index contributed by atoms with van der Waals surface area (Å²) in [7, 11) is 0. The Morgan fingerprint density at radius 1 is 1.33 bits per heavy atom. The van der Waals surface area contributed by atoms with Crippen molar-refractivity contribution in [3.63, 3.8) is 0 Å². The highest BCUT2D eigenvalue weighted by Crippen LogP contribution is 2.31. The molecular formula is C18H24N4O2. The van der Waals surface area contributed by atoms with E-state index < -0.39 is 0 Å². The molecule has 1 saturated carbocycles. The number of ether oxygens (including phenoxy) is 1. The van der Waals surface area contributed by atoms with E-state index in [0.29, 0.717) is 19.1 Å². The zero-order chi connectivity index (χ0) is 16.8. The molecule has 1 fully saturated rings. The summed E-state index contributed by atoms with van der Waals surface area (Å²) in [6, 6.07) is 9.82. The fourth-order valence-electron chi connectivity index (χ4n) is 3.18. The first-order valence-electron chi connectivity index (χ1n) is 8.60. The van der Waals surface area contributed by atoms with Gasteiger partial charge in [0.05, 0.1) is 19.1 Å². The Morgan fingerprint density at radius 2 is 2.08 bits per heavy atom. The van der Waals surface area contributed by atoms with Crippen LogP contribution in [0.25, 0.3) is 0 Å². The van der Waals surface area contributed by atoms with Gasteiger partial charge in [-0.15, -0.1) is 10.2 Å². The summed E-state index contributed by atoms with van der Waals surface area (Å²) < 4.78 is 7.68. The summed E-state index contributed by atoms with van der Waals surface area (Å²) >= 11 is 0. The zero-order valence-corrected chi connectivity index (χ0v) is 14.0. The van der Waals surface area contributed by atoms with Gasteiger partial charge in [-0.25, -0.2) is 0 Å². The van der Waals surface area contributed by atoms with Gasteiger partial charge >= 0.3 is 0 Å². The predicted molar refractivity (Wildman–Crippen MR) is 90.6 cm³/mol. The molecule has 128 valence electrons. The highest BCUT2D eigenvalue weighted by Gasteiger charge is 2.23. The fourth-order valence-corrected chi connectivity index (χ4v) is 3.18. The van der Waals surface area contributed by atoms with Gasteiger partial charge in [0.25, 0.3) is 0 Å².